The van der Waals surface area contributed by atoms with Gasteiger partial charge in [-0.3, -0.25) is 4.79 Å². The molecule has 0 saturated carbocycles. The number of carbonyl (C=O) groups is 1. The third kappa shape index (κ3) is 2.76. The van der Waals surface area contributed by atoms with E-state index in [1.165, 1.54) is 7.11 Å². The predicted octanol–water partition coefficient (Wildman–Crippen LogP) is 1.64. The molecule has 0 fully saturated rings. The van der Waals surface area contributed by atoms with Crippen LogP contribution in [0.3, 0.4) is 0 Å². The first-order valence-electron chi connectivity index (χ1n) is 6.89. The minimum absolute atomic E-state index is 0.294. The second-order valence-corrected chi connectivity index (χ2v) is 4.88. The van der Waals surface area contributed by atoms with Gasteiger partial charge in [-0.2, -0.15) is 0 Å². The summed E-state index contributed by atoms with van der Waals surface area (Å²) in [7, 11) is 1.51. The molecular formula is C16H15N3O4. The van der Waals surface area contributed by atoms with E-state index >= 15 is 0 Å². The van der Waals surface area contributed by atoms with Gasteiger partial charge in [-0.25, -0.2) is 9.36 Å². The zero-order valence-corrected chi connectivity index (χ0v) is 12.4. The van der Waals surface area contributed by atoms with E-state index in [0.717, 1.165) is 4.57 Å². The number of nitrogens with zero attached hydrogens (tertiary/aromatic N) is 1. The Balaban J connectivity index is 1.87. The van der Waals surface area contributed by atoms with Gasteiger partial charge in [0.15, 0.2) is 18.1 Å². The lowest BCUT2D eigenvalue weighted by Gasteiger charge is -2.09. The third-order valence-corrected chi connectivity index (χ3v) is 3.38. The number of H-pyrrole nitrogens is 1. The number of carbonyl (C=O) groups excluding carboxylic acids is 1. The molecule has 0 aliphatic carbocycles. The number of rotatable bonds is 4. The van der Waals surface area contributed by atoms with Crippen molar-refractivity contribution in [2.24, 2.45) is 0 Å². The molecule has 7 nitrogen and oxygen atoms in total. The van der Waals surface area contributed by atoms with Crippen molar-refractivity contribution in [1.29, 1.82) is 0 Å². The Morgan fingerprint density at radius 2 is 1.96 bits per heavy atom. The summed E-state index contributed by atoms with van der Waals surface area (Å²) >= 11 is 0. The van der Waals surface area contributed by atoms with E-state index in [-0.39, 0.29) is 6.61 Å². The molecule has 0 atom stereocenters. The molecule has 0 unspecified atom stereocenters. The molecule has 2 aromatic carbocycles. The predicted molar refractivity (Wildman–Crippen MR) is 86.1 cm³/mol. The zero-order chi connectivity index (χ0) is 16.4. The van der Waals surface area contributed by atoms with E-state index in [1.54, 1.807) is 42.5 Å². The van der Waals surface area contributed by atoms with Crippen LogP contribution in [0, 0.1) is 0 Å². The molecule has 23 heavy (non-hydrogen) atoms. The normalized spacial score (nSPS) is 10.7. The first-order chi connectivity index (χ1) is 11.1. The van der Waals surface area contributed by atoms with E-state index in [2.05, 4.69) is 4.98 Å². The topological polar surface area (TPSA) is 99.3 Å². The number of imidazole rings is 1. The number of anilines is 1. The number of benzene rings is 2. The van der Waals surface area contributed by atoms with Crippen LogP contribution in [0.4, 0.5) is 5.69 Å². The molecule has 118 valence electrons. The third-order valence-electron chi connectivity index (χ3n) is 3.38. The van der Waals surface area contributed by atoms with Crippen molar-refractivity contribution >= 4 is 22.6 Å². The molecule has 0 amide bonds. The van der Waals surface area contributed by atoms with Gasteiger partial charge in [-0.1, -0.05) is 12.1 Å². The summed E-state index contributed by atoms with van der Waals surface area (Å²) in [6.07, 6.45) is 0. The van der Waals surface area contributed by atoms with Gasteiger partial charge in [0.2, 0.25) is 0 Å². The minimum atomic E-state index is -0.528. The molecule has 0 spiro atoms. The van der Waals surface area contributed by atoms with E-state index in [9.17, 15) is 9.59 Å². The van der Waals surface area contributed by atoms with Crippen LogP contribution in [0.15, 0.2) is 47.3 Å². The summed E-state index contributed by atoms with van der Waals surface area (Å²) in [6.45, 7) is -0.294. The van der Waals surface area contributed by atoms with Gasteiger partial charge >= 0.3 is 5.69 Å². The maximum absolute atomic E-state index is 12.3. The second-order valence-electron chi connectivity index (χ2n) is 4.88. The fourth-order valence-corrected chi connectivity index (χ4v) is 2.32. The Morgan fingerprint density at radius 1 is 1.22 bits per heavy atom. The van der Waals surface area contributed by atoms with Crippen molar-refractivity contribution in [3.63, 3.8) is 0 Å². The van der Waals surface area contributed by atoms with E-state index < -0.39 is 11.6 Å². The van der Waals surface area contributed by atoms with Crippen molar-refractivity contribution in [1.82, 2.24) is 9.55 Å². The molecule has 0 aliphatic heterocycles. The smallest absolute Gasteiger partial charge is 0.333 e. The Kier molecular flexibility index (Phi) is 3.76. The molecule has 3 rings (SSSR count). The van der Waals surface area contributed by atoms with Gasteiger partial charge in [-0.05, 0) is 30.3 Å². The number of methoxy groups -OCH3 is 1. The number of aromatic nitrogens is 2. The highest BCUT2D eigenvalue weighted by Gasteiger charge is 2.15. The Labute approximate surface area is 131 Å². The monoisotopic (exact) mass is 313 g/mol. The molecule has 1 heterocycles. The highest BCUT2D eigenvalue weighted by atomic mass is 16.5. The minimum Gasteiger partial charge on any atom is -0.493 e. The SMILES string of the molecule is COc1ccccc1OCC(=O)n1c(=O)[nH]c2cc(N)ccc21. The van der Waals surface area contributed by atoms with Gasteiger partial charge in [0.25, 0.3) is 5.91 Å². The summed E-state index contributed by atoms with van der Waals surface area (Å²) in [5, 5.41) is 0. The van der Waals surface area contributed by atoms with E-state index in [0.29, 0.717) is 28.2 Å². The number of fused-ring (bicyclic) bond motifs is 1. The van der Waals surface area contributed by atoms with E-state index in [1.807, 2.05) is 0 Å². The standard InChI is InChI=1S/C16H15N3O4/c1-22-13-4-2-3-5-14(13)23-9-15(20)19-12-7-6-10(17)8-11(12)18-16(19)21/h2-8H,9,17H2,1H3,(H,18,21). The molecule has 0 radical (unpaired) electrons. The first kappa shape index (κ1) is 14.7. The molecule has 3 aromatic rings. The van der Waals surface area contributed by atoms with Crippen LogP contribution >= 0.6 is 0 Å². The van der Waals surface area contributed by atoms with Crippen LogP contribution in [0.5, 0.6) is 11.5 Å². The number of nitrogens with two attached hydrogens (primary N) is 1. The maximum Gasteiger partial charge on any atom is 0.333 e. The van der Waals surface area contributed by atoms with Gasteiger partial charge in [0.05, 0.1) is 18.1 Å². The van der Waals surface area contributed by atoms with Crippen molar-refractivity contribution in [2.75, 3.05) is 19.5 Å². The summed E-state index contributed by atoms with van der Waals surface area (Å²) in [5.74, 6) is 0.455. The fourth-order valence-electron chi connectivity index (χ4n) is 2.32. The van der Waals surface area contributed by atoms with Crippen LogP contribution in [0.1, 0.15) is 4.79 Å². The molecular weight excluding hydrogens is 298 g/mol. The van der Waals surface area contributed by atoms with Crippen molar-refractivity contribution in [2.45, 2.75) is 0 Å². The van der Waals surface area contributed by atoms with Crippen LogP contribution in [0.2, 0.25) is 0 Å². The summed E-state index contributed by atoms with van der Waals surface area (Å²) in [4.78, 5) is 26.9. The lowest BCUT2D eigenvalue weighted by Crippen LogP contribution is -2.28. The molecule has 0 aliphatic rings. The fraction of sp³-hybridized carbons (Fsp3) is 0.125. The molecule has 0 saturated heterocycles. The first-order valence-corrected chi connectivity index (χ1v) is 6.89. The lowest BCUT2D eigenvalue weighted by molar-refractivity contribution is 0.0836. The number of nitrogens with one attached hydrogen (secondary N) is 1. The summed E-state index contributed by atoms with van der Waals surface area (Å²) < 4.78 is 11.7. The zero-order valence-electron chi connectivity index (χ0n) is 12.4. The van der Waals surface area contributed by atoms with Gasteiger partial charge in [0, 0.05) is 5.69 Å². The van der Waals surface area contributed by atoms with Crippen LogP contribution in [-0.2, 0) is 0 Å². The van der Waals surface area contributed by atoms with Crippen molar-refractivity contribution < 1.29 is 14.3 Å². The number of hydrogen-bond donors (Lipinski definition) is 2. The summed E-state index contributed by atoms with van der Waals surface area (Å²) in [6, 6.07) is 11.8. The van der Waals surface area contributed by atoms with Crippen molar-refractivity contribution in [3.05, 3.63) is 52.9 Å². The number of nitrogen functional groups attached to an aromatic ring is 1. The van der Waals surface area contributed by atoms with Gasteiger partial charge in [-0.15, -0.1) is 0 Å². The number of para-hydroxylation sites is 2. The second kappa shape index (κ2) is 5.88. The van der Waals surface area contributed by atoms with Crippen LogP contribution in [-0.4, -0.2) is 29.2 Å². The number of ether oxygens (including phenoxy) is 2. The average Bonchev–Trinajstić information content (AvgIpc) is 2.87. The maximum atomic E-state index is 12.3. The quantitative estimate of drug-likeness (QED) is 0.713. The molecule has 1 aromatic heterocycles. The van der Waals surface area contributed by atoms with Crippen molar-refractivity contribution in [3.8, 4) is 11.5 Å². The molecule has 7 heteroatoms. The lowest BCUT2D eigenvalue weighted by atomic mass is 10.3. The highest BCUT2D eigenvalue weighted by Crippen LogP contribution is 2.25. The average molecular weight is 313 g/mol. The largest absolute Gasteiger partial charge is 0.493 e. The Morgan fingerprint density at radius 3 is 2.70 bits per heavy atom. The Hall–Kier alpha value is -3.22. The summed E-state index contributed by atoms with van der Waals surface area (Å²) in [5.41, 5.74) is 6.60. The molecule has 0 bridgehead atoms. The van der Waals surface area contributed by atoms with E-state index in [4.69, 9.17) is 15.2 Å². The van der Waals surface area contributed by atoms with Gasteiger partial charge in [0.1, 0.15) is 0 Å². The number of hydrogen-bond acceptors (Lipinski definition) is 5. The van der Waals surface area contributed by atoms with Crippen LogP contribution < -0.4 is 20.9 Å². The number of aromatic amines is 1. The Bertz CT molecular complexity index is 926. The molecule has 3 N–H and O–H groups in total. The highest BCUT2D eigenvalue weighted by molar-refractivity contribution is 5.91. The van der Waals surface area contributed by atoms with Crippen LogP contribution in [0.25, 0.3) is 11.0 Å². The van der Waals surface area contributed by atoms with Gasteiger partial charge < -0.3 is 20.2 Å².